The molecule has 2 atom stereocenters. The number of hydrogen-bond donors (Lipinski definition) is 1. The number of amides is 2. The van der Waals surface area contributed by atoms with Crippen molar-refractivity contribution in [1.29, 1.82) is 0 Å². The van der Waals surface area contributed by atoms with Crippen LogP contribution in [-0.2, 0) is 26.2 Å². The summed E-state index contributed by atoms with van der Waals surface area (Å²) in [6, 6.07) is 13.5. The van der Waals surface area contributed by atoms with Gasteiger partial charge in [-0.2, -0.15) is 0 Å². The average molecular weight is 480 g/mol. The Kier molecular flexibility index (Phi) is 5.73. The molecule has 5 rings (SSSR count). The van der Waals surface area contributed by atoms with Crippen molar-refractivity contribution in [3.8, 4) is 11.3 Å². The summed E-state index contributed by atoms with van der Waals surface area (Å²) in [5.41, 5.74) is 2.36. The molecule has 34 heavy (non-hydrogen) atoms. The van der Waals surface area contributed by atoms with Gasteiger partial charge in [0.15, 0.2) is 5.76 Å². The summed E-state index contributed by atoms with van der Waals surface area (Å²) in [4.78, 5) is 27.1. The number of rotatable bonds is 6. The molecule has 0 unspecified atom stereocenters. The molecular formula is C25H25N3O5S. The molecule has 2 aromatic carbocycles. The van der Waals surface area contributed by atoms with E-state index in [1.807, 2.05) is 0 Å². The maximum atomic E-state index is 13.2. The number of likely N-dealkylation sites (tertiary alicyclic amines) is 1. The Morgan fingerprint density at radius 3 is 2.29 bits per heavy atom. The number of carbonyl (C=O) groups is 2. The van der Waals surface area contributed by atoms with Crippen LogP contribution in [0.1, 0.15) is 36.8 Å². The lowest BCUT2D eigenvalue weighted by atomic mass is 9.81. The summed E-state index contributed by atoms with van der Waals surface area (Å²) in [7, 11) is -3.89. The van der Waals surface area contributed by atoms with Crippen LogP contribution in [0.5, 0.6) is 0 Å². The van der Waals surface area contributed by atoms with Crippen molar-refractivity contribution in [3.05, 3.63) is 65.9 Å². The van der Waals surface area contributed by atoms with Crippen molar-refractivity contribution in [2.24, 2.45) is 11.8 Å². The van der Waals surface area contributed by atoms with Crippen LogP contribution in [0, 0.1) is 18.8 Å². The van der Waals surface area contributed by atoms with Gasteiger partial charge in [0, 0.05) is 17.3 Å². The Balaban J connectivity index is 1.35. The van der Waals surface area contributed by atoms with Crippen LogP contribution in [0.3, 0.4) is 0 Å². The molecule has 0 spiro atoms. The number of aromatic nitrogens is 1. The average Bonchev–Trinajstić information content (AvgIpc) is 3.45. The van der Waals surface area contributed by atoms with Gasteiger partial charge in [-0.3, -0.25) is 19.2 Å². The highest BCUT2D eigenvalue weighted by atomic mass is 32.2. The van der Waals surface area contributed by atoms with Crippen molar-refractivity contribution in [1.82, 2.24) is 10.1 Å². The normalized spacial score (nSPS) is 20.4. The van der Waals surface area contributed by atoms with Gasteiger partial charge < -0.3 is 4.52 Å². The molecule has 1 saturated heterocycles. The Labute approximate surface area is 198 Å². The van der Waals surface area contributed by atoms with E-state index in [4.69, 9.17) is 4.52 Å². The highest BCUT2D eigenvalue weighted by Gasteiger charge is 2.47. The lowest BCUT2D eigenvalue weighted by Gasteiger charge is -2.19. The molecule has 1 aliphatic carbocycles. The fraction of sp³-hybridized carbons (Fsp3) is 0.320. The summed E-state index contributed by atoms with van der Waals surface area (Å²) in [5.74, 6) is -0.133. The first-order valence-electron chi connectivity index (χ1n) is 11.3. The molecule has 0 radical (unpaired) electrons. The third kappa shape index (κ3) is 4.11. The topological polar surface area (TPSA) is 110 Å². The predicted molar refractivity (Wildman–Crippen MR) is 125 cm³/mol. The molecule has 9 heteroatoms. The molecule has 1 N–H and O–H groups in total. The van der Waals surface area contributed by atoms with Crippen LogP contribution < -0.4 is 4.72 Å². The minimum Gasteiger partial charge on any atom is -0.356 e. The minimum atomic E-state index is -3.89. The zero-order valence-electron chi connectivity index (χ0n) is 18.7. The van der Waals surface area contributed by atoms with Gasteiger partial charge in [0.05, 0.1) is 29.5 Å². The number of anilines is 1. The molecular weight excluding hydrogens is 454 g/mol. The lowest BCUT2D eigenvalue weighted by Crippen LogP contribution is -2.30. The first-order chi connectivity index (χ1) is 16.3. The van der Waals surface area contributed by atoms with E-state index in [1.165, 1.54) is 4.90 Å². The van der Waals surface area contributed by atoms with E-state index in [9.17, 15) is 18.0 Å². The lowest BCUT2D eigenvalue weighted by molar-refractivity contribution is -0.140. The van der Waals surface area contributed by atoms with Crippen LogP contribution in [0.15, 0.2) is 64.1 Å². The number of imide groups is 1. The largest absolute Gasteiger partial charge is 0.356 e. The summed E-state index contributed by atoms with van der Waals surface area (Å²) >= 11 is 0. The van der Waals surface area contributed by atoms with Crippen molar-refractivity contribution >= 4 is 27.5 Å². The summed E-state index contributed by atoms with van der Waals surface area (Å²) in [5, 5.41) is 3.67. The number of aryl methyl sites for hydroxylation is 1. The van der Waals surface area contributed by atoms with E-state index in [-0.39, 0.29) is 35.1 Å². The molecule has 1 aromatic heterocycles. The predicted octanol–water partition coefficient (Wildman–Crippen LogP) is 4.13. The molecule has 2 aliphatic rings. The van der Waals surface area contributed by atoms with E-state index in [2.05, 4.69) is 9.88 Å². The van der Waals surface area contributed by atoms with Crippen molar-refractivity contribution in [2.75, 3.05) is 4.72 Å². The zero-order chi connectivity index (χ0) is 23.9. The standard InChI is InChI=1S/C25H25N3O5S/c1-16-6-7-17(15-28-24(29)20-4-2-3-5-21(20)25(28)30)14-23(16)34(31,32)27-19-10-8-18(9-11-19)22-12-13-26-33-22/h6-14,20-21,27H,2-5,15H2,1H3/t20-,21-/m1/s1. The van der Waals surface area contributed by atoms with Crippen LogP contribution in [0.25, 0.3) is 11.3 Å². The smallest absolute Gasteiger partial charge is 0.262 e. The maximum absolute atomic E-state index is 13.2. The van der Waals surface area contributed by atoms with Crippen molar-refractivity contribution in [3.63, 3.8) is 0 Å². The van der Waals surface area contributed by atoms with E-state index >= 15 is 0 Å². The van der Waals surface area contributed by atoms with E-state index < -0.39 is 10.0 Å². The van der Waals surface area contributed by atoms with Crippen molar-refractivity contribution < 1.29 is 22.5 Å². The van der Waals surface area contributed by atoms with Gasteiger partial charge in [0.25, 0.3) is 10.0 Å². The number of benzene rings is 2. The van der Waals surface area contributed by atoms with Crippen molar-refractivity contribution in [2.45, 2.75) is 44.0 Å². The molecule has 1 saturated carbocycles. The summed E-state index contributed by atoms with van der Waals surface area (Å²) < 4.78 is 34.1. The number of sulfonamides is 1. The zero-order valence-corrected chi connectivity index (χ0v) is 19.5. The molecule has 2 heterocycles. The molecule has 8 nitrogen and oxygen atoms in total. The molecule has 3 aromatic rings. The first-order valence-corrected chi connectivity index (χ1v) is 12.8. The van der Waals surface area contributed by atoms with Crippen LogP contribution in [0.2, 0.25) is 0 Å². The number of nitrogens with one attached hydrogen (secondary N) is 1. The van der Waals surface area contributed by atoms with E-state index in [0.717, 1.165) is 31.2 Å². The van der Waals surface area contributed by atoms with Crippen LogP contribution in [-0.4, -0.2) is 30.3 Å². The fourth-order valence-electron chi connectivity index (χ4n) is 4.88. The number of nitrogens with zero attached hydrogens (tertiary/aromatic N) is 2. The van der Waals surface area contributed by atoms with Gasteiger partial charge in [-0.25, -0.2) is 8.42 Å². The van der Waals surface area contributed by atoms with Gasteiger partial charge in [-0.05, 0) is 61.2 Å². The second-order valence-corrected chi connectivity index (χ2v) is 10.6. The molecule has 2 amide bonds. The molecule has 176 valence electrons. The monoisotopic (exact) mass is 479 g/mol. The fourth-order valence-corrected chi connectivity index (χ4v) is 6.23. The highest BCUT2D eigenvalue weighted by Crippen LogP contribution is 2.38. The second-order valence-electron chi connectivity index (χ2n) is 8.92. The third-order valence-corrected chi connectivity index (χ3v) is 8.20. The Morgan fingerprint density at radius 2 is 1.68 bits per heavy atom. The van der Waals surface area contributed by atoms with Gasteiger partial charge in [0.1, 0.15) is 0 Å². The van der Waals surface area contributed by atoms with Gasteiger partial charge in [0.2, 0.25) is 11.8 Å². The molecule has 0 bridgehead atoms. The Bertz CT molecular complexity index is 1310. The Morgan fingerprint density at radius 1 is 1.00 bits per heavy atom. The maximum Gasteiger partial charge on any atom is 0.262 e. The van der Waals surface area contributed by atoms with Gasteiger partial charge in [-0.1, -0.05) is 30.1 Å². The number of carbonyl (C=O) groups excluding carboxylic acids is 2. The highest BCUT2D eigenvalue weighted by molar-refractivity contribution is 7.92. The van der Waals surface area contributed by atoms with Crippen LogP contribution >= 0.6 is 0 Å². The third-order valence-electron chi connectivity index (χ3n) is 6.67. The Hall–Kier alpha value is -3.46. The van der Waals surface area contributed by atoms with Crippen LogP contribution in [0.4, 0.5) is 5.69 Å². The van der Waals surface area contributed by atoms with E-state index in [0.29, 0.717) is 22.6 Å². The SMILES string of the molecule is Cc1ccc(CN2C(=O)[C@@H]3CCCC[C@H]3C2=O)cc1S(=O)(=O)Nc1ccc(-c2ccno2)cc1. The molecule has 2 fully saturated rings. The minimum absolute atomic E-state index is 0.0827. The van der Waals surface area contributed by atoms with Gasteiger partial charge in [-0.15, -0.1) is 0 Å². The quantitative estimate of drug-likeness (QED) is 0.533. The summed E-state index contributed by atoms with van der Waals surface area (Å²) in [6.07, 6.45) is 4.97. The molecule has 1 aliphatic heterocycles. The summed E-state index contributed by atoms with van der Waals surface area (Å²) in [6.45, 7) is 1.80. The van der Waals surface area contributed by atoms with E-state index in [1.54, 1.807) is 61.7 Å². The number of hydrogen-bond acceptors (Lipinski definition) is 6. The second kappa shape index (κ2) is 8.72. The first kappa shape index (κ1) is 22.3. The van der Waals surface area contributed by atoms with Gasteiger partial charge >= 0.3 is 0 Å². The number of fused-ring (bicyclic) bond motifs is 1.